The summed E-state index contributed by atoms with van der Waals surface area (Å²) in [6.45, 7) is 7.30. The second-order valence-electron chi connectivity index (χ2n) is 6.65. The summed E-state index contributed by atoms with van der Waals surface area (Å²) >= 11 is 0. The summed E-state index contributed by atoms with van der Waals surface area (Å²) in [5, 5.41) is 24.0. The van der Waals surface area contributed by atoms with E-state index < -0.39 is 4.92 Å². The third-order valence-corrected chi connectivity index (χ3v) is 4.72. The van der Waals surface area contributed by atoms with Crippen molar-refractivity contribution in [1.82, 2.24) is 14.9 Å². The average Bonchev–Trinajstić information content (AvgIpc) is 2.65. The van der Waals surface area contributed by atoms with Crippen LogP contribution in [0.15, 0.2) is 24.5 Å². The average molecular weight is 372 g/mol. The number of nitro groups is 1. The molecule has 2 heterocycles. The first-order valence-electron chi connectivity index (χ1n) is 8.91. The van der Waals surface area contributed by atoms with Crippen LogP contribution in [-0.4, -0.2) is 64.2 Å². The molecule has 0 bridgehead atoms. The number of aliphatic hydroxyl groups excluding tert-OH is 1. The summed E-state index contributed by atoms with van der Waals surface area (Å²) in [5.41, 5.74) is 2.71. The molecule has 2 aromatic rings. The zero-order valence-electron chi connectivity index (χ0n) is 15.6. The summed E-state index contributed by atoms with van der Waals surface area (Å²) < 4.78 is 0. The Bertz CT molecular complexity index is 821. The van der Waals surface area contributed by atoms with Crippen LogP contribution in [0.1, 0.15) is 11.1 Å². The monoisotopic (exact) mass is 372 g/mol. The number of rotatable bonds is 6. The normalized spacial score (nSPS) is 15.0. The third kappa shape index (κ3) is 4.32. The van der Waals surface area contributed by atoms with Crippen LogP contribution in [0.3, 0.4) is 0 Å². The summed E-state index contributed by atoms with van der Waals surface area (Å²) in [7, 11) is 0. The Kier molecular flexibility index (Phi) is 5.82. The van der Waals surface area contributed by atoms with E-state index in [2.05, 4.69) is 20.2 Å². The molecule has 1 aliphatic heterocycles. The highest BCUT2D eigenvalue weighted by Gasteiger charge is 2.29. The summed E-state index contributed by atoms with van der Waals surface area (Å²) in [5.74, 6) is 0.517. The summed E-state index contributed by atoms with van der Waals surface area (Å²) in [6, 6.07) is 5.90. The number of piperazine rings is 1. The smallest absolute Gasteiger partial charge is 0.353 e. The largest absolute Gasteiger partial charge is 0.395 e. The van der Waals surface area contributed by atoms with Crippen molar-refractivity contribution in [3.63, 3.8) is 0 Å². The highest BCUT2D eigenvalue weighted by Crippen LogP contribution is 2.34. The summed E-state index contributed by atoms with van der Waals surface area (Å²) in [6.07, 6.45) is 1.36. The minimum Gasteiger partial charge on any atom is -0.395 e. The molecule has 9 nitrogen and oxygen atoms in total. The van der Waals surface area contributed by atoms with E-state index in [-0.39, 0.29) is 18.1 Å². The molecule has 1 aromatic carbocycles. The van der Waals surface area contributed by atoms with E-state index in [1.165, 1.54) is 6.33 Å². The Morgan fingerprint density at radius 1 is 1.22 bits per heavy atom. The Labute approximate surface area is 157 Å². The number of nitrogens with zero attached hydrogens (tertiary/aromatic N) is 5. The molecule has 0 saturated carbocycles. The molecule has 27 heavy (non-hydrogen) atoms. The van der Waals surface area contributed by atoms with Gasteiger partial charge in [0, 0.05) is 38.4 Å². The fraction of sp³-hybridized carbons (Fsp3) is 0.444. The van der Waals surface area contributed by atoms with Crippen molar-refractivity contribution in [2.45, 2.75) is 13.8 Å². The number of β-amino-alcohol motifs (C(OH)–C–C–N with tert-alkyl or cyclic N) is 1. The van der Waals surface area contributed by atoms with Gasteiger partial charge in [0.25, 0.3) is 0 Å². The predicted molar refractivity (Wildman–Crippen MR) is 104 cm³/mol. The molecule has 1 saturated heterocycles. The Hall–Kier alpha value is -2.78. The van der Waals surface area contributed by atoms with Crippen molar-refractivity contribution in [2.24, 2.45) is 0 Å². The van der Waals surface area contributed by atoms with E-state index in [0.29, 0.717) is 25.5 Å². The molecule has 0 aliphatic carbocycles. The number of hydrogen-bond donors (Lipinski definition) is 2. The van der Waals surface area contributed by atoms with Gasteiger partial charge in [-0.25, -0.2) is 9.97 Å². The molecular formula is C18H24N6O3. The molecular weight excluding hydrogens is 348 g/mol. The third-order valence-electron chi connectivity index (χ3n) is 4.72. The first-order chi connectivity index (χ1) is 13.0. The number of aryl methyl sites for hydroxylation is 2. The van der Waals surface area contributed by atoms with Gasteiger partial charge in [0.15, 0.2) is 0 Å². The first-order valence-corrected chi connectivity index (χ1v) is 8.91. The van der Waals surface area contributed by atoms with Crippen molar-refractivity contribution in [2.75, 3.05) is 49.5 Å². The van der Waals surface area contributed by atoms with Gasteiger partial charge in [-0.05, 0) is 31.0 Å². The van der Waals surface area contributed by atoms with Crippen LogP contribution in [0.4, 0.5) is 23.0 Å². The topological polar surface area (TPSA) is 108 Å². The number of anilines is 3. The molecule has 144 valence electrons. The minimum absolute atomic E-state index is 0.109. The Balaban J connectivity index is 1.89. The van der Waals surface area contributed by atoms with Gasteiger partial charge in [-0.15, -0.1) is 0 Å². The molecule has 9 heteroatoms. The molecule has 1 fully saturated rings. The van der Waals surface area contributed by atoms with Gasteiger partial charge in [0.05, 0.1) is 11.5 Å². The van der Waals surface area contributed by atoms with E-state index in [9.17, 15) is 10.1 Å². The molecule has 1 aromatic heterocycles. The van der Waals surface area contributed by atoms with Crippen LogP contribution in [0, 0.1) is 24.0 Å². The number of aliphatic hydroxyl groups is 1. The van der Waals surface area contributed by atoms with Crippen LogP contribution >= 0.6 is 0 Å². The van der Waals surface area contributed by atoms with Crippen molar-refractivity contribution >= 4 is 23.0 Å². The molecule has 0 unspecified atom stereocenters. The zero-order valence-corrected chi connectivity index (χ0v) is 15.6. The Morgan fingerprint density at radius 3 is 2.63 bits per heavy atom. The van der Waals surface area contributed by atoms with Crippen LogP contribution in [0.25, 0.3) is 0 Å². The molecule has 0 radical (unpaired) electrons. The lowest BCUT2D eigenvalue weighted by atomic mass is 10.1. The number of benzene rings is 1. The maximum absolute atomic E-state index is 11.8. The van der Waals surface area contributed by atoms with Crippen LogP contribution in [0.5, 0.6) is 0 Å². The van der Waals surface area contributed by atoms with E-state index >= 15 is 0 Å². The molecule has 3 rings (SSSR count). The van der Waals surface area contributed by atoms with Crippen LogP contribution in [-0.2, 0) is 0 Å². The molecule has 0 atom stereocenters. The fourth-order valence-electron chi connectivity index (χ4n) is 3.18. The molecule has 0 spiro atoms. The van der Waals surface area contributed by atoms with Gasteiger partial charge in [0.2, 0.25) is 11.6 Å². The number of nitrogens with one attached hydrogen (secondary N) is 1. The van der Waals surface area contributed by atoms with E-state index in [4.69, 9.17) is 5.11 Å². The molecule has 1 aliphatic rings. The van der Waals surface area contributed by atoms with Crippen molar-refractivity contribution in [3.05, 3.63) is 45.8 Å². The number of aromatic nitrogens is 2. The van der Waals surface area contributed by atoms with Gasteiger partial charge < -0.3 is 15.3 Å². The van der Waals surface area contributed by atoms with Gasteiger partial charge in [-0.3, -0.25) is 15.0 Å². The van der Waals surface area contributed by atoms with E-state index in [1.807, 2.05) is 36.9 Å². The van der Waals surface area contributed by atoms with Gasteiger partial charge in [0.1, 0.15) is 6.33 Å². The standard InChI is InChI=1S/C18H24N6O3/c1-13-3-4-14(2)15(11-13)21-17-16(24(26)27)18(20-12-19-17)23-7-5-22(6-8-23)9-10-25/h3-4,11-12,25H,5-10H2,1-2H3,(H,19,20,21). The maximum Gasteiger partial charge on any atom is 0.353 e. The van der Waals surface area contributed by atoms with Crippen LogP contribution < -0.4 is 10.2 Å². The second kappa shape index (κ2) is 8.28. The predicted octanol–water partition coefficient (Wildman–Crippen LogP) is 1.86. The lowest BCUT2D eigenvalue weighted by Gasteiger charge is -2.34. The lowest BCUT2D eigenvalue weighted by molar-refractivity contribution is -0.383. The van der Waals surface area contributed by atoms with Gasteiger partial charge in [-0.2, -0.15) is 0 Å². The van der Waals surface area contributed by atoms with Gasteiger partial charge >= 0.3 is 5.69 Å². The van der Waals surface area contributed by atoms with Gasteiger partial charge in [-0.1, -0.05) is 12.1 Å². The lowest BCUT2D eigenvalue weighted by Crippen LogP contribution is -2.47. The van der Waals surface area contributed by atoms with Crippen LogP contribution in [0.2, 0.25) is 0 Å². The maximum atomic E-state index is 11.8. The van der Waals surface area contributed by atoms with Crippen molar-refractivity contribution < 1.29 is 10.0 Å². The molecule has 0 amide bonds. The van der Waals surface area contributed by atoms with Crippen molar-refractivity contribution in [1.29, 1.82) is 0 Å². The number of hydrogen-bond acceptors (Lipinski definition) is 8. The zero-order chi connectivity index (χ0) is 19.4. The summed E-state index contributed by atoms with van der Waals surface area (Å²) in [4.78, 5) is 23.7. The highest BCUT2D eigenvalue weighted by molar-refractivity contribution is 5.75. The fourth-order valence-corrected chi connectivity index (χ4v) is 3.18. The minimum atomic E-state index is -0.428. The Morgan fingerprint density at radius 2 is 1.96 bits per heavy atom. The highest BCUT2D eigenvalue weighted by atomic mass is 16.6. The van der Waals surface area contributed by atoms with Crippen molar-refractivity contribution in [3.8, 4) is 0 Å². The SMILES string of the molecule is Cc1ccc(C)c(Nc2ncnc(N3CCN(CCO)CC3)c2[N+](=O)[O-])c1. The first kappa shape index (κ1) is 19.0. The quantitative estimate of drug-likeness (QED) is 0.584. The van der Waals surface area contributed by atoms with E-state index in [1.54, 1.807) is 0 Å². The van der Waals surface area contributed by atoms with E-state index in [0.717, 1.165) is 29.9 Å². The molecule has 2 N–H and O–H groups in total. The second-order valence-corrected chi connectivity index (χ2v) is 6.65.